The Bertz CT molecular complexity index is 406. The minimum atomic E-state index is 0.433. The van der Waals surface area contributed by atoms with E-state index in [1.54, 1.807) is 12.3 Å². The SMILES string of the molecule is CCN(CC)CCCNc1nccc(C#N)c1N. The van der Waals surface area contributed by atoms with Gasteiger partial charge in [0, 0.05) is 12.7 Å². The Morgan fingerprint density at radius 2 is 2.17 bits per heavy atom. The first-order valence-electron chi connectivity index (χ1n) is 6.33. The van der Waals surface area contributed by atoms with Crippen LogP contribution in [0.1, 0.15) is 25.8 Å². The van der Waals surface area contributed by atoms with E-state index in [4.69, 9.17) is 11.0 Å². The highest BCUT2D eigenvalue weighted by atomic mass is 15.1. The third kappa shape index (κ3) is 3.90. The largest absolute Gasteiger partial charge is 0.395 e. The molecule has 0 aliphatic rings. The summed E-state index contributed by atoms with van der Waals surface area (Å²) in [5.74, 6) is 0.605. The van der Waals surface area contributed by atoms with E-state index in [1.807, 2.05) is 6.07 Å². The molecule has 1 heterocycles. The fraction of sp³-hybridized carbons (Fsp3) is 0.538. The number of rotatable bonds is 7. The Hall–Kier alpha value is -1.80. The summed E-state index contributed by atoms with van der Waals surface area (Å²) in [6.45, 7) is 8.32. The highest BCUT2D eigenvalue weighted by molar-refractivity contribution is 5.68. The van der Waals surface area contributed by atoms with Gasteiger partial charge in [-0.1, -0.05) is 13.8 Å². The summed E-state index contributed by atoms with van der Waals surface area (Å²) >= 11 is 0. The summed E-state index contributed by atoms with van der Waals surface area (Å²) in [5, 5.41) is 12.0. The van der Waals surface area contributed by atoms with E-state index >= 15 is 0 Å². The van der Waals surface area contributed by atoms with Crippen molar-refractivity contribution in [3.8, 4) is 6.07 Å². The highest BCUT2D eigenvalue weighted by Gasteiger charge is 2.05. The van der Waals surface area contributed by atoms with Crippen molar-refractivity contribution in [1.82, 2.24) is 9.88 Å². The van der Waals surface area contributed by atoms with Crippen LogP contribution in [0.2, 0.25) is 0 Å². The number of pyridine rings is 1. The van der Waals surface area contributed by atoms with Crippen molar-refractivity contribution in [1.29, 1.82) is 5.26 Å². The van der Waals surface area contributed by atoms with Gasteiger partial charge in [-0.15, -0.1) is 0 Å². The minimum Gasteiger partial charge on any atom is -0.395 e. The van der Waals surface area contributed by atoms with Crippen molar-refractivity contribution in [2.75, 3.05) is 37.2 Å². The summed E-state index contributed by atoms with van der Waals surface area (Å²) < 4.78 is 0. The summed E-state index contributed by atoms with van der Waals surface area (Å²) in [6.07, 6.45) is 2.63. The molecule has 0 saturated heterocycles. The molecule has 0 aliphatic heterocycles. The summed E-state index contributed by atoms with van der Waals surface area (Å²) in [4.78, 5) is 6.51. The molecule has 1 aromatic heterocycles. The van der Waals surface area contributed by atoms with Crippen LogP contribution in [0, 0.1) is 11.3 Å². The van der Waals surface area contributed by atoms with Crippen LogP contribution in [0.25, 0.3) is 0 Å². The van der Waals surface area contributed by atoms with Crippen LogP contribution < -0.4 is 11.1 Å². The molecular weight excluding hydrogens is 226 g/mol. The molecule has 0 spiro atoms. The third-order valence-electron chi connectivity index (χ3n) is 2.95. The van der Waals surface area contributed by atoms with Crippen LogP contribution in [0.4, 0.5) is 11.5 Å². The van der Waals surface area contributed by atoms with Gasteiger partial charge in [0.2, 0.25) is 0 Å². The lowest BCUT2D eigenvalue weighted by molar-refractivity contribution is 0.303. The molecule has 98 valence electrons. The molecule has 1 aromatic rings. The number of nitrogen functional groups attached to an aromatic ring is 1. The van der Waals surface area contributed by atoms with Gasteiger partial charge in [-0.2, -0.15) is 5.26 Å². The second kappa shape index (κ2) is 7.51. The smallest absolute Gasteiger partial charge is 0.150 e. The number of aromatic nitrogens is 1. The molecule has 3 N–H and O–H groups in total. The summed E-state index contributed by atoms with van der Waals surface area (Å²) in [6, 6.07) is 3.67. The monoisotopic (exact) mass is 247 g/mol. The first-order chi connectivity index (χ1) is 8.72. The Labute approximate surface area is 109 Å². The predicted molar refractivity (Wildman–Crippen MR) is 74.3 cm³/mol. The van der Waals surface area contributed by atoms with E-state index in [0.717, 1.165) is 32.6 Å². The summed E-state index contributed by atoms with van der Waals surface area (Å²) in [7, 11) is 0. The Balaban J connectivity index is 2.43. The number of nitrogens with one attached hydrogen (secondary N) is 1. The maximum Gasteiger partial charge on any atom is 0.150 e. The van der Waals surface area contributed by atoms with Crippen LogP contribution in [-0.2, 0) is 0 Å². The number of nitrogens with zero attached hydrogens (tertiary/aromatic N) is 3. The fourth-order valence-corrected chi connectivity index (χ4v) is 1.76. The third-order valence-corrected chi connectivity index (χ3v) is 2.95. The van der Waals surface area contributed by atoms with Gasteiger partial charge < -0.3 is 16.0 Å². The quantitative estimate of drug-likeness (QED) is 0.717. The standard InChI is InChI=1S/C13H21N5/c1-3-18(4-2)9-5-7-16-13-12(15)11(10-14)6-8-17-13/h6,8H,3-5,7,9,15H2,1-2H3,(H,16,17). The average molecular weight is 247 g/mol. The fourth-order valence-electron chi connectivity index (χ4n) is 1.76. The van der Waals surface area contributed by atoms with E-state index in [1.165, 1.54) is 0 Å². The number of hydrogen-bond donors (Lipinski definition) is 2. The van der Waals surface area contributed by atoms with Gasteiger partial charge in [0.15, 0.2) is 5.82 Å². The molecule has 0 unspecified atom stereocenters. The van der Waals surface area contributed by atoms with E-state index in [9.17, 15) is 0 Å². The lowest BCUT2D eigenvalue weighted by Gasteiger charge is -2.18. The van der Waals surface area contributed by atoms with Crippen LogP contribution in [0.15, 0.2) is 12.3 Å². The molecule has 5 heteroatoms. The number of nitrogens with two attached hydrogens (primary N) is 1. The molecule has 0 aromatic carbocycles. The molecule has 0 radical (unpaired) electrons. The van der Waals surface area contributed by atoms with Crippen LogP contribution >= 0.6 is 0 Å². The van der Waals surface area contributed by atoms with Gasteiger partial charge in [0.1, 0.15) is 6.07 Å². The first-order valence-corrected chi connectivity index (χ1v) is 6.33. The normalized spacial score (nSPS) is 10.3. The zero-order chi connectivity index (χ0) is 13.4. The van der Waals surface area contributed by atoms with Crippen LogP contribution in [0.3, 0.4) is 0 Å². The maximum absolute atomic E-state index is 8.86. The number of anilines is 2. The predicted octanol–water partition coefficient (Wildman–Crippen LogP) is 1.68. The molecule has 5 nitrogen and oxygen atoms in total. The second-order valence-electron chi connectivity index (χ2n) is 4.04. The Morgan fingerprint density at radius 1 is 1.44 bits per heavy atom. The zero-order valence-corrected chi connectivity index (χ0v) is 11.1. The number of hydrogen-bond acceptors (Lipinski definition) is 5. The molecule has 0 amide bonds. The van der Waals surface area contributed by atoms with Gasteiger partial charge in [0.25, 0.3) is 0 Å². The van der Waals surface area contributed by atoms with E-state index in [-0.39, 0.29) is 0 Å². The van der Waals surface area contributed by atoms with Crippen molar-refractivity contribution in [2.45, 2.75) is 20.3 Å². The van der Waals surface area contributed by atoms with Crippen molar-refractivity contribution >= 4 is 11.5 Å². The van der Waals surface area contributed by atoms with Crippen molar-refractivity contribution < 1.29 is 0 Å². The van der Waals surface area contributed by atoms with Gasteiger partial charge in [-0.05, 0) is 32.1 Å². The molecule has 0 atom stereocenters. The van der Waals surface area contributed by atoms with Crippen molar-refractivity contribution in [2.24, 2.45) is 0 Å². The van der Waals surface area contributed by atoms with Gasteiger partial charge in [0.05, 0.1) is 11.3 Å². The topological polar surface area (TPSA) is 78.0 Å². The molecule has 18 heavy (non-hydrogen) atoms. The lowest BCUT2D eigenvalue weighted by atomic mass is 10.2. The number of nitriles is 1. The Morgan fingerprint density at radius 3 is 2.78 bits per heavy atom. The minimum absolute atomic E-state index is 0.433. The maximum atomic E-state index is 8.86. The second-order valence-corrected chi connectivity index (χ2v) is 4.04. The molecule has 0 fully saturated rings. The Kier molecular flexibility index (Phi) is 5.95. The van der Waals surface area contributed by atoms with Gasteiger partial charge in [-0.25, -0.2) is 4.98 Å². The van der Waals surface area contributed by atoms with Crippen molar-refractivity contribution in [3.05, 3.63) is 17.8 Å². The zero-order valence-electron chi connectivity index (χ0n) is 11.1. The van der Waals surface area contributed by atoms with Crippen molar-refractivity contribution in [3.63, 3.8) is 0 Å². The molecule has 0 saturated carbocycles. The van der Waals surface area contributed by atoms with E-state index in [2.05, 4.69) is 29.0 Å². The van der Waals surface area contributed by atoms with Crippen LogP contribution in [-0.4, -0.2) is 36.1 Å². The average Bonchev–Trinajstić information content (AvgIpc) is 2.40. The first kappa shape index (κ1) is 14.3. The molecular formula is C13H21N5. The highest BCUT2D eigenvalue weighted by Crippen LogP contribution is 2.18. The molecule has 0 aliphatic carbocycles. The van der Waals surface area contributed by atoms with Gasteiger partial charge >= 0.3 is 0 Å². The molecule has 1 rings (SSSR count). The van der Waals surface area contributed by atoms with E-state index < -0.39 is 0 Å². The van der Waals surface area contributed by atoms with Crippen LogP contribution in [0.5, 0.6) is 0 Å². The van der Waals surface area contributed by atoms with E-state index in [0.29, 0.717) is 17.1 Å². The lowest BCUT2D eigenvalue weighted by Crippen LogP contribution is -2.25. The molecule has 0 bridgehead atoms. The summed E-state index contributed by atoms with van der Waals surface area (Å²) in [5.41, 5.74) is 6.73. The van der Waals surface area contributed by atoms with Gasteiger partial charge in [-0.3, -0.25) is 0 Å².